The van der Waals surface area contributed by atoms with Crippen LogP contribution in [0, 0.1) is 10.5 Å². The number of hydrogen-bond donors (Lipinski definition) is 2. The predicted octanol–water partition coefficient (Wildman–Crippen LogP) is 2.00. The van der Waals surface area contributed by atoms with Crippen molar-refractivity contribution in [2.24, 2.45) is 0 Å². The number of nitrogens with one attached hydrogen (secondary N) is 2. The molecule has 0 unspecified atom stereocenters. The highest BCUT2D eigenvalue weighted by Crippen LogP contribution is 2.17. The van der Waals surface area contributed by atoms with E-state index in [0.29, 0.717) is 18.5 Å². The number of halogens is 1. The summed E-state index contributed by atoms with van der Waals surface area (Å²) in [6, 6.07) is 5.21. The van der Waals surface area contributed by atoms with Gasteiger partial charge in [-0.3, -0.25) is 9.59 Å². The summed E-state index contributed by atoms with van der Waals surface area (Å²) in [4.78, 5) is 24.1. The Morgan fingerprint density at radius 3 is 3.00 bits per heavy atom. The molecule has 0 radical (unpaired) electrons. The van der Waals surface area contributed by atoms with E-state index in [1.807, 2.05) is 19.1 Å². The Labute approximate surface area is 126 Å². The molecular formula is C14H17IN2O2. The summed E-state index contributed by atoms with van der Waals surface area (Å²) in [6.45, 7) is 2.67. The summed E-state index contributed by atoms with van der Waals surface area (Å²) < 4.78 is 0.937. The summed E-state index contributed by atoms with van der Waals surface area (Å²) in [5, 5.41) is 5.66. The van der Waals surface area contributed by atoms with Crippen LogP contribution in [-0.2, 0) is 4.79 Å². The highest BCUT2D eigenvalue weighted by molar-refractivity contribution is 14.1. The molecule has 19 heavy (non-hydrogen) atoms. The second-order valence-corrected chi connectivity index (χ2v) is 5.83. The molecule has 0 aromatic heterocycles. The SMILES string of the molecule is Cc1cccc(C(=O)N[C@H]2CCCCNC2=O)c1I. The first-order valence-electron chi connectivity index (χ1n) is 6.43. The number of hydrogen-bond acceptors (Lipinski definition) is 2. The molecule has 1 aromatic rings. The van der Waals surface area contributed by atoms with Gasteiger partial charge in [-0.1, -0.05) is 12.1 Å². The van der Waals surface area contributed by atoms with Crippen LogP contribution in [-0.4, -0.2) is 24.4 Å². The smallest absolute Gasteiger partial charge is 0.253 e. The van der Waals surface area contributed by atoms with Gasteiger partial charge in [0.2, 0.25) is 5.91 Å². The predicted molar refractivity (Wildman–Crippen MR) is 82.0 cm³/mol. The second-order valence-electron chi connectivity index (χ2n) is 4.75. The normalized spacial score (nSPS) is 19.5. The van der Waals surface area contributed by atoms with Gasteiger partial charge in [0.1, 0.15) is 6.04 Å². The molecule has 0 spiro atoms. The molecule has 0 saturated carbocycles. The van der Waals surface area contributed by atoms with Gasteiger partial charge in [-0.2, -0.15) is 0 Å². The Morgan fingerprint density at radius 1 is 1.42 bits per heavy atom. The Bertz CT molecular complexity index is 502. The molecule has 2 rings (SSSR count). The van der Waals surface area contributed by atoms with E-state index in [2.05, 4.69) is 33.2 Å². The van der Waals surface area contributed by atoms with Crippen LogP contribution in [0.1, 0.15) is 35.2 Å². The van der Waals surface area contributed by atoms with Crippen molar-refractivity contribution >= 4 is 34.4 Å². The quantitative estimate of drug-likeness (QED) is 0.781. The van der Waals surface area contributed by atoms with Crippen molar-refractivity contribution in [2.45, 2.75) is 32.2 Å². The Balaban J connectivity index is 2.12. The van der Waals surface area contributed by atoms with Crippen LogP contribution in [0.15, 0.2) is 18.2 Å². The summed E-state index contributed by atoms with van der Waals surface area (Å²) in [7, 11) is 0. The minimum Gasteiger partial charge on any atom is -0.354 e. The van der Waals surface area contributed by atoms with E-state index < -0.39 is 6.04 Å². The lowest BCUT2D eigenvalue weighted by atomic mass is 10.1. The molecule has 4 nitrogen and oxygen atoms in total. The zero-order valence-corrected chi connectivity index (χ0v) is 13.0. The third kappa shape index (κ3) is 3.46. The van der Waals surface area contributed by atoms with Gasteiger partial charge in [-0.25, -0.2) is 0 Å². The molecule has 2 amide bonds. The van der Waals surface area contributed by atoms with Crippen molar-refractivity contribution in [2.75, 3.05) is 6.54 Å². The van der Waals surface area contributed by atoms with Gasteiger partial charge < -0.3 is 10.6 Å². The largest absolute Gasteiger partial charge is 0.354 e. The lowest BCUT2D eigenvalue weighted by Gasteiger charge is -2.16. The van der Waals surface area contributed by atoms with Crippen molar-refractivity contribution < 1.29 is 9.59 Å². The Morgan fingerprint density at radius 2 is 2.21 bits per heavy atom. The van der Waals surface area contributed by atoms with E-state index >= 15 is 0 Å². The molecule has 2 N–H and O–H groups in total. The number of benzene rings is 1. The first kappa shape index (κ1) is 14.3. The van der Waals surface area contributed by atoms with Crippen LogP contribution in [0.5, 0.6) is 0 Å². The molecule has 1 atom stereocenters. The Kier molecular flexibility index (Phi) is 4.79. The molecule has 1 aliphatic heterocycles. The monoisotopic (exact) mass is 372 g/mol. The van der Waals surface area contributed by atoms with E-state index in [1.54, 1.807) is 6.07 Å². The number of rotatable bonds is 2. The summed E-state index contributed by atoms with van der Waals surface area (Å²) in [5.74, 6) is -0.247. The lowest BCUT2D eigenvalue weighted by Crippen LogP contribution is -2.45. The topological polar surface area (TPSA) is 58.2 Å². The molecule has 1 fully saturated rings. The molecule has 102 valence electrons. The van der Waals surface area contributed by atoms with Crippen molar-refractivity contribution in [3.63, 3.8) is 0 Å². The average molecular weight is 372 g/mol. The van der Waals surface area contributed by atoms with E-state index in [-0.39, 0.29) is 11.8 Å². The van der Waals surface area contributed by atoms with Gasteiger partial charge in [-0.15, -0.1) is 0 Å². The standard InChI is InChI=1S/C14H17IN2O2/c1-9-5-4-6-10(12(9)15)13(18)17-11-7-2-3-8-16-14(11)19/h4-6,11H,2-3,7-8H2,1H3,(H,16,19)(H,17,18)/t11-/m0/s1. The van der Waals surface area contributed by atoms with Crippen LogP contribution in [0.2, 0.25) is 0 Å². The van der Waals surface area contributed by atoms with Crippen LogP contribution in [0.25, 0.3) is 0 Å². The Hall–Kier alpha value is -1.11. The summed E-state index contributed by atoms with van der Waals surface area (Å²) in [5.41, 5.74) is 1.70. The molecule has 0 bridgehead atoms. The van der Waals surface area contributed by atoms with Crippen molar-refractivity contribution in [3.8, 4) is 0 Å². The fraction of sp³-hybridized carbons (Fsp3) is 0.429. The molecule has 5 heteroatoms. The zero-order chi connectivity index (χ0) is 13.8. The van der Waals surface area contributed by atoms with Gasteiger partial charge in [-0.05, 0) is 60.4 Å². The molecule has 1 heterocycles. The first-order chi connectivity index (χ1) is 9.09. The van der Waals surface area contributed by atoms with Crippen molar-refractivity contribution in [1.82, 2.24) is 10.6 Å². The van der Waals surface area contributed by atoms with Crippen molar-refractivity contribution in [3.05, 3.63) is 32.9 Å². The van der Waals surface area contributed by atoms with Crippen LogP contribution < -0.4 is 10.6 Å². The maximum atomic E-state index is 12.2. The highest BCUT2D eigenvalue weighted by Gasteiger charge is 2.23. The van der Waals surface area contributed by atoms with Gasteiger partial charge >= 0.3 is 0 Å². The van der Waals surface area contributed by atoms with Gasteiger partial charge in [0, 0.05) is 10.1 Å². The highest BCUT2D eigenvalue weighted by atomic mass is 127. The van der Waals surface area contributed by atoms with Crippen LogP contribution in [0.4, 0.5) is 0 Å². The zero-order valence-electron chi connectivity index (χ0n) is 10.8. The van der Waals surface area contributed by atoms with Gasteiger partial charge in [0.15, 0.2) is 0 Å². The number of carbonyl (C=O) groups is 2. The van der Waals surface area contributed by atoms with E-state index in [9.17, 15) is 9.59 Å². The van der Waals surface area contributed by atoms with E-state index in [1.165, 1.54) is 0 Å². The van der Waals surface area contributed by atoms with E-state index in [0.717, 1.165) is 22.0 Å². The summed E-state index contributed by atoms with van der Waals surface area (Å²) in [6.07, 6.45) is 2.63. The average Bonchev–Trinajstić information content (AvgIpc) is 2.58. The van der Waals surface area contributed by atoms with Gasteiger partial charge in [0.05, 0.1) is 5.56 Å². The minimum atomic E-state index is -0.411. The van der Waals surface area contributed by atoms with E-state index in [4.69, 9.17) is 0 Å². The number of amides is 2. The third-order valence-electron chi connectivity index (χ3n) is 3.28. The number of carbonyl (C=O) groups excluding carboxylic acids is 2. The molecule has 1 aliphatic rings. The van der Waals surface area contributed by atoms with Crippen LogP contribution >= 0.6 is 22.6 Å². The maximum Gasteiger partial charge on any atom is 0.253 e. The molecule has 1 saturated heterocycles. The minimum absolute atomic E-state index is 0.0755. The first-order valence-corrected chi connectivity index (χ1v) is 7.51. The molecular weight excluding hydrogens is 355 g/mol. The maximum absolute atomic E-state index is 12.2. The van der Waals surface area contributed by atoms with Crippen molar-refractivity contribution in [1.29, 1.82) is 0 Å². The third-order valence-corrected chi connectivity index (χ3v) is 4.71. The number of aryl methyl sites for hydroxylation is 1. The summed E-state index contributed by atoms with van der Waals surface area (Å²) >= 11 is 2.17. The second kappa shape index (κ2) is 6.36. The fourth-order valence-corrected chi connectivity index (χ4v) is 2.74. The van der Waals surface area contributed by atoms with Crippen LogP contribution in [0.3, 0.4) is 0 Å². The fourth-order valence-electron chi connectivity index (χ4n) is 2.14. The molecule has 1 aromatic carbocycles. The molecule has 0 aliphatic carbocycles. The van der Waals surface area contributed by atoms with Gasteiger partial charge in [0.25, 0.3) is 5.91 Å². The lowest BCUT2D eigenvalue weighted by molar-refractivity contribution is -0.122.